The second kappa shape index (κ2) is 5.58. The van der Waals surface area contributed by atoms with Gasteiger partial charge in [-0.15, -0.1) is 5.10 Å². The van der Waals surface area contributed by atoms with E-state index in [0.717, 1.165) is 11.1 Å². The minimum Gasteiger partial charge on any atom is -0.436 e. The van der Waals surface area contributed by atoms with Crippen molar-refractivity contribution < 1.29 is 13.2 Å². The molecule has 0 radical (unpaired) electrons. The van der Waals surface area contributed by atoms with E-state index < -0.39 is 10.0 Å². The first-order chi connectivity index (χ1) is 10.5. The summed E-state index contributed by atoms with van der Waals surface area (Å²) in [6.45, 7) is 0. The highest BCUT2D eigenvalue weighted by Gasteiger charge is 2.07. The summed E-state index contributed by atoms with van der Waals surface area (Å²) in [6, 6.07) is 13.7. The third-order valence-corrected chi connectivity index (χ3v) is 3.92. The summed E-state index contributed by atoms with van der Waals surface area (Å²) < 4.78 is 27.9. The van der Waals surface area contributed by atoms with Crippen molar-refractivity contribution in [2.24, 2.45) is 5.14 Å². The number of benzene rings is 2. The maximum atomic E-state index is 11.2. The molecule has 3 rings (SSSR count). The molecule has 3 aromatic rings. The Kier molecular flexibility index (Phi) is 3.61. The third-order valence-electron chi connectivity index (χ3n) is 2.99. The van der Waals surface area contributed by atoms with Gasteiger partial charge in [0.2, 0.25) is 10.0 Å². The Hall–Kier alpha value is -2.71. The fraction of sp³-hybridized carbons (Fsp3) is 0. The number of aromatic nitrogens is 3. The number of nitrogens with two attached hydrogens (primary N) is 1. The zero-order valence-electron chi connectivity index (χ0n) is 11.3. The summed E-state index contributed by atoms with van der Waals surface area (Å²) >= 11 is 0. The first-order valence-electron chi connectivity index (χ1n) is 6.29. The van der Waals surface area contributed by atoms with Crippen molar-refractivity contribution in [2.45, 2.75) is 4.90 Å². The maximum Gasteiger partial charge on any atom is 0.258 e. The van der Waals surface area contributed by atoms with Crippen LogP contribution in [0.1, 0.15) is 0 Å². The van der Waals surface area contributed by atoms with E-state index in [1.54, 1.807) is 24.3 Å². The highest BCUT2D eigenvalue weighted by molar-refractivity contribution is 7.89. The van der Waals surface area contributed by atoms with Crippen LogP contribution < -0.4 is 9.88 Å². The lowest BCUT2D eigenvalue weighted by atomic mass is 10.1. The number of rotatable bonds is 4. The van der Waals surface area contributed by atoms with Gasteiger partial charge >= 0.3 is 0 Å². The van der Waals surface area contributed by atoms with Gasteiger partial charge in [-0.2, -0.15) is 10.3 Å². The Labute approximate surface area is 126 Å². The molecule has 0 unspecified atom stereocenters. The maximum absolute atomic E-state index is 11.2. The van der Waals surface area contributed by atoms with Crippen molar-refractivity contribution in [1.82, 2.24) is 15.4 Å². The Bertz CT molecular complexity index is 857. The molecule has 0 saturated heterocycles. The van der Waals surface area contributed by atoms with E-state index >= 15 is 0 Å². The van der Waals surface area contributed by atoms with Crippen LogP contribution in [0.3, 0.4) is 0 Å². The number of hydrogen-bond donors (Lipinski definition) is 2. The summed E-state index contributed by atoms with van der Waals surface area (Å²) in [5.74, 6) is 1.00. The second-order valence-corrected chi connectivity index (χ2v) is 6.07. The van der Waals surface area contributed by atoms with E-state index in [0.29, 0.717) is 11.6 Å². The van der Waals surface area contributed by atoms with Crippen molar-refractivity contribution in [3.05, 3.63) is 54.7 Å². The zero-order chi connectivity index (χ0) is 15.6. The van der Waals surface area contributed by atoms with Gasteiger partial charge in [-0.25, -0.2) is 13.6 Å². The van der Waals surface area contributed by atoms with Gasteiger partial charge in [-0.3, -0.25) is 0 Å². The molecule has 0 aliphatic carbocycles. The standard InChI is InChI=1S/C14H12N4O3S/c15-22(19,20)13-7-3-11(4-8-13)10-1-5-12(6-2-10)21-14-9-16-18-17-14/h1-9H,(H2,15,19,20)(H,16,17,18). The lowest BCUT2D eigenvalue weighted by Gasteiger charge is -2.05. The number of hydrogen-bond acceptors (Lipinski definition) is 5. The average molecular weight is 316 g/mol. The first kappa shape index (κ1) is 14.2. The summed E-state index contributed by atoms with van der Waals surface area (Å²) in [5.41, 5.74) is 1.80. The van der Waals surface area contributed by atoms with Crippen LogP contribution in [0.5, 0.6) is 11.6 Å². The molecule has 7 nitrogen and oxygen atoms in total. The normalized spacial score (nSPS) is 11.3. The number of primary sulfonamides is 1. The van der Waals surface area contributed by atoms with Gasteiger partial charge in [-0.1, -0.05) is 24.3 Å². The minimum atomic E-state index is -3.67. The van der Waals surface area contributed by atoms with E-state index in [2.05, 4.69) is 15.4 Å². The molecule has 1 heterocycles. The first-order valence-corrected chi connectivity index (χ1v) is 7.84. The lowest BCUT2D eigenvalue weighted by Crippen LogP contribution is -2.11. The largest absolute Gasteiger partial charge is 0.436 e. The molecule has 1 aromatic heterocycles. The van der Waals surface area contributed by atoms with Gasteiger partial charge in [0.25, 0.3) is 5.88 Å². The van der Waals surface area contributed by atoms with Gasteiger partial charge in [0.1, 0.15) is 11.9 Å². The predicted molar refractivity (Wildman–Crippen MR) is 79.7 cm³/mol. The van der Waals surface area contributed by atoms with Crippen molar-refractivity contribution in [3.8, 4) is 22.8 Å². The fourth-order valence-corrected chi connectivity index (χ4v) is 2.43. The molecule has 0 aliphatic heterocycles. The molecule has 0 amide bonds. The Balaban J connectivity index is 1.80. The Morgan fingerprint density at radius 2 is 1.55 bits per heavy atom. The van der Waals surface area contributed by atoms with E-state index in [1.807, 2.05) is 12.1 Å². The molecule has 2 aromatic carbocycles. The number of nitrogens with zero attached hydrogens (tertiary/aromatic N) is 2. The molecule has 0 atom stereocenters. The SMILES string of the molecule is NS(=O)(=O)c1ccc(-c2ccc(Oc3cn[nH]n3)cc2)cc1. The lowest BCUT2D eigenvalue weighted by molar-refractivity contribution is 0.461. The van der Waals surface area contributed by atoms with Crippen LogP contribution in [-0.2, 0) is 10.0 Å². The van der Waals surface area contributed by atoms with Crippen LogP contribution in [0.4, 0.5) is 0 Å². The molecule has 3 N–H and O–H groups in total. The number of aromatic amines is 1. The van der Waals surface area contributed by atoms with Crippen LogP contribution in [0.15, 0.2) is 59.6 Å². The van der Waals surface area contributed by atoms with Gasteiger partial charge in [0, 0.05) is 0 Å². The van der Waals surface area contributed by atoms with E-state index in [4.69, 9.17) is 9.88 Å². The average Bonchev–Trinajstić information content (AvgIpc) is 3.00. The monoisotopic (exact) mass is 316 g/mol. The van der Waals surface area contributed by atoms with Crippen LogP contribution in [0.2, 0.25) is 0 Å². The number of H-pyrrole nitrogens is 1. The van der Waals surface area contributed by atoms with Crippen LogP contribution >= 0.6 is 0 Å². The van der Waals surface area contributed by atoms with Crippen LogP contribution in [0, 0.1) is 0 Å². The predicted octanol–water partition coefficient (Wildman–Crippen LogP) is 1.91. The number of sulfonamides is 1. The Morgan fingerprint density at radius 1 is 0.955 bits per heavy atom. The van der Waals surface area contributed by atoms with Gasteiger partial charge in [0.05, 0.1) is 4.90 Å². The highest BCUT2D eigenvalue weighted by Crippen LogP contribution is 2.25. The molecular weight excluding hydrogens is 304 g/mol. The van der Waals surface area contributed by atoms with Gasteiger partial charge in [-0.05, 0) is 35.4 Å². The van der Waals surface area contributed by atoms with Crippen LogP contribution in [-0.4, -0.2) is 23.8 Å². The number of ether oxygens (including phenoxy) is 1. The molecule has 112 valence electrons. The molecule has 0 bridgehead atoms. The molecule has 0 spiro atoms. The number of nitrogens with one attached hydrogen (secondary N) is 1. The third kappa shape index (κ3) is 3.13. The summed E-state index contributed by atoms with van der Waals surface area (Å²) in [6.07, 6.45) is 1.47. The molecule has 0 saturated carbocycles. The molecule has 0 aliphatic rings. The van der Waals surface area contributed by atoms with E-state index in [9.17, 15) is 8.42 Å². The fourth-order valence-electron chi connectivity index (χ4n) is 1.91. The molecule has 22 heavy (non-hydrogen) atoms. The van der Waals surface area contributed by atoms with Crippen LogP contribution in [0.25, 0.3) is 11.1 Å². The highest BCUT2D eigenvalue weighted by atomic mass is 32.2. The summed E-state index contributed by atoms with van der Waals surface area (Å²) in [7, 11) is -3.67. The molecular formula is C14H12N4O3S. The van der Waals surface area contributed by atoms with Gasteiger partial charge in [0.15, 0.2) is 0 Å². The van der Waals surface area contributed by atoms with Crippen molar-refractivity contribution in [1.29, 1.82) is 0 Å². The van der Waals surface area contributed by atoms with Crippen molar-refractivity contribution >= 4 is 10.0 Å². The molecule has 8 heteroatoms. The zero-order valence-corrected chi connectivity index (χ0v) is 12.1. The molecule has 0 fully saturated rings. The second-order valence-electron chi connectivity index (χ2n) is 4.50. The minimum absolute atomic E-state index is 0.0854. The van der Waals surface area contributed by atoms with Crippen molar-refractivity contribution in [2.75, 3.05) is 0 Å². The quantitative estimate of drug-likeness (QED) is 0.763. The summed E-state index contributed by atoms with van der Waals surface area (Å²) in [5, 5.41) is 15.0. The summed E-state index contributed by atoms with van der Waals surface area (Å²) in [4.78, 5) is 0.0854. The Morgan fingerprint density at radius 3 is 2.05 bits per heavy atom. The smallest absolute Gasteiger partial charge is 0.258 e. The van der Waals surface area contributed by atoms with Crippen molar-refractivity contribution in [3.63, 3.8) is 0 Å². The van der Waals surface area contributed by atoms with Gasteiger partial charge < -0.3 is 4.74 Å². The van der Waals surface area contributed by atoms with E-state index in [-0.39, 0.29) is 4.90 Å². The topological polar surface area (TPSA) is 111 Å². The van der Waals surface area contributed by atoms with E-state index in [1.165, 1.54) is 18.3 Å².